The summed E-state index contributed by atoms with van der Waals surface area (Å²) < 4.78 is 0.548. The molecule has 2 rings (SSSR count). The van der Waals surface area contributed by atoms with Crippen LogP contribution in [-0.4, -0.2) is 23.5 Å². The smallest absolute Gasteiger partial charge is 0.251 e. The highest BCUT2D eigenvalue weighted by Crippen LogP contribution is 2.45. The summed E-state index contributed by atoms with van der Waals surface area (Å²) in [6, 6.07) is 8.35. The summed E-state index contributed by atoms with van der Waals surface area (Å²) >= 11 is 3.98. The molecule has 1 amide bonds. The summed E-state index contributed by atoms with van der Waals surface area (Å²) in [4.78, 5) is 12.2. The molecular weight excluding hydrogens is 298 g/mol. The highest BCUT2D eigenvalue weighted by molar-refractivity contribution is 8.19. The summed E-state index contributed by atoms with van der Waals surface area (Å²) in [7, 11) is 0. The molecule has 1 aliphatic rings. The molecule has 4 heteroatoms. The van der Waals surface area contributed by atoms with Crippen LogP contribution in [0.4, 0.5) is 0 Å². The number of hydrogen-bond donors (Lipinski definition) is 1. The van der Waals surface area contributed by atoms with E-state index < -0.39 is 0 Å². The van der Waals surface area contributed by atoms with Crippen molar-refractivity contribution in [1.29, 1.82) is 0 Å². The predicted octanol–water partition coefficient (Wildman–Crippen LogP) is 4.72. The lowest BCUT2D eigenvalue weighted by Crippen LogP contribution is -2.32. The Morgan fingerprint density at radius 3 is 2.33 bits per heavy atom. The lowest BCUT2D eigenvalue weighted by Gasteiger charge is -2.15. The van der Waals surface area contributed by atoms with Crippen LogP contribution in [0.25, 0.3) is 0 Å². The first-order valence-electron chi connectivity index (χ1n) is 7.70. The molecule has 21 heavy (non-hydrogen) atoms. The maximum absolute atomic E-state index is 12.2. The number of benzene rings is 1. The van der Waals surface area contributed by atoms with Crippen molar-refractivity contribution in [3.05, 3.63) is 35.4 Å². The van der Waals surface area contributed by atoms with Gasteiger partial charge in [0.05, 0.1) is 4.58 Å². The highest BCUT2D eigenvalue weighted by atomic mass is 32.2. The largest absolute Gasteiger partial charge is 0.350 e. The van der Waals surface area contributed by atoms with Gasteiger partial charge in [0.2, 0.25) is 0 Å². The van der Waals surface area contributed by atoms with Crippen LogP contribution in [-0.2, 0) is 0 Å². The molecule has 1 N–H and O–H groups in total. The lowest BCUT2D eigenvalue weighted by molar-refractivity contribution is 0.0937. The molecule has 1 fully saturated rings. The molecule has 0 radical (unpaired) electrons. The summed E-state index contributed by atoms with van der Waals surface area (Å²) in [5.41, 5.74) is 2.09. The average Bonchev–Trinajstić information content (AvgIpc) is 2.99. The van der Waals surface area contributed by atoms with Crippen molar-refractivity contribution in [2.75, 3.05) is 11.5 Å². The first-order valence-corrected chi connectivity index (χ1v) is 9.80. The number of hydrogen-bond acceptors (Lipinski definition) is 3. The Balaban J connectivity index is 1.87. The second-order valence-corrected chi connectivity index (χ2v) is 8.77. The van der Waals surface area contributed by atoms with E-state index in [4.69, 9.17) is 0 Å². The van der Waals surface area contributed by atoms with Crippen LogP contribution in [0.2, 0.25) is 0 Å². The van der Waals surface area contributed by atoms with Crippen LogP contribution in [0.5, 0.6) is 0 Å². The number of carbonyl (C=O) groups excluding carboxylic acids is 1. The maximum Gasteiger partial charge on any atom is 0.251 e. The van der Waals surface area contributed by atoms with E-state index in [1.54, 1.807) is 0 Å². The molecule has 0 saturated carbocycles. The number of carbonyl (C=O) groups is 1. The van der Waals surface area contributed by atoms with Crippen molar-refractivity contribution in [2.45, 2.75) is 44.2 Å². The van der Waals surface area contributed by atoms with Crippen molar-refractivity contribution in [3.8, 4) is 0 Å². The second-order valence-electron chi connectivity index (χ2n) is 6.04. The molecule has 1 saturated heterocycles. The van der Waals surface area contributed by atoms with Gasteiger partial charge in [0, 0.05) is 23.1 Å². The topological polar surface area (TPSA) is 29.1 Å². The monoisotopic (exact) mass is 323 g/mol. The molecule has 1 heterocycles. The molecule has 1 aromatic rings. The van der Waals surface area contributed by atoms with Gasteiger partial charge in [-0.05, 0) is 43.4 Å². The van der Waals surface area contributed by atoms with E-state index >= 15 is 0 Å². The molecule has 116 valence electrons. The second kappa shape index (κ2) is 8.14. The molecule has 1 aliphatic heterocycles. The Bertz CT molecular complexity index is 452. The standard InChI is InChI=1S/C17H25NOS2/c1-12(2)4-5-13(3)18-16(19)14-6-8-15(9-7-14)17-20-10-11-21-17/h6-9,12-13,17H,4-5,10-11H2,1-3H3,(H,18,19). The minimum atomic E-state index is 0.0459. The van der Waals surface area contributed by atoms with Crippen molar-refractivity contribution < 1.29 is 4.79 Å². The predicted molar refractivity (Wildman–Crippen MR) is 95.1 cm³/mol. The zero-order chi connectivity index (χ0) is 15.2. The Hall–Kier alpha value is -0.610. The van der Waals surface area contributed by atoms with Crippen LogP contribution >= 0.6 is 23.5 Å². The van der Waals surface area contributed by atoms with Crippen molar-refractivity contribution in [2.24, 2.45) is 5.92 Å². The minimum Gasteiger partial charge on any atom is -0.350 e. The quantitative estimate of drug-likeness (QED) is 0.821. The fourth-order valence-corrected chi connectivity index (χ4v) is 5.16. The molecule has 0 spiro atoms. The van der Waals surface area contributed by atoms with E-state index in [0.717, 1.165) is 18.4 Å². The van der Waals surface area contributed by atoms with Gasteiger partial charge in [-0.15, -0.1) is 23.5 Å². The van der Waals surface area contributed by atoms with Gasteiger partial charge in [-0.1, -0.05) is 26.0 Å². The van der Waals surface area contributed by atoms with Crippen LogP contribution < -0.4 is 5.32 Å². The van der Waals surface area contributed by atoms with Gasteiger partial charge >= 0.3 is 0 Å². The molecular formula is C17H25NOS2. The summed E-state index contributed by atoms with van der Waals surface area (Å²) in [6.07, 6.45) is 2.19. The lowest BCUT2D eigenvalue weighted by atomic mass is 10.0. The van der Waals surface area contributed by atoms with E-state index in [9.17, 15) is 4.79 Å². The molecule has 0 bridgehead atoms. The van der Waals surface area contributed by atoms with Crippen LogP contribution in [0.1, 0.15) is 54.1 Å². The first-order chi connectivity index (χ1) is 10.1. The van der Waals surface area contributed by atoms with Gasteiger partial charge < -0.3 is 5.32 Å². The van der Waals surface area contributed by atoms with E-state index in [1.165, 1.54) is 17.1 Å². The molecule has 2 nitrogen and oxygen atoms in total. The zero-order valence-corrected chi connectivity index (χ0v) is 14.7. The maximum atomic E-state index is 12.2. The summed E-state index contributed by atoms with van der Waals surface area (Å²) in [5.74, 6) is 3.19. The number of rotatable bonds is 6. The van der Waals surface area contributed by atoms with Gasteiger partial charge in [-0.2, -0.15) is 0 Å². The molecule has 1 atom stereocenters. The fourth-order valence-electron chi connectivity index (χ4n) is 2.31. The normalized spacial score (nSPS) is 17.1. The number of nitrogens with one attached hydrogen (secondary N) is 1. The Labute approximate surface area is 136 Å². The third-order valence-corrected chi connectivity index (χ3v) is 6.73. The molecule has 0 aromatic heterocycles. The Morgan fingerprint density at radius 1 is 1.14 bits per heavy atom. The van der Waals surface area contributed by atoms with E-state index in [1.807, 2.05) is 35.7 Å². The van der Waals surface area contributed by atoms with Gasteiger partial charge in [0.15, 0.2) is 0 Å². The molecule has 1 unspecified atom stereocenters. The molecule has 1 aromatic carbocycles. The van der Waals surface area contributed by atoms with Gasteiger partial charge in [-0.25, -0.2) is 0 Å². The first kappa shape index (κ1) is 16.8. The third kappa shape index (κ3) is 5.26. The fraction of sp³-hybridized carbons (Fsp3) is 0.588. The Morgan fingerprint density at radius 2 is 1.76 bits per heavy atom. The Kier molecular flexibility index (Phi) is 6.49. The minimum absolute atomic E-state index is 0.0459. The highest BCUT2D eigenvalue weighted by Gasteiger charge is 2.18. The van der Waals surface area contributed by atoms with Crippen LogP contribution in [0.3, 0.4) is 0 Å². The van der Waals surface area contributed by atoms with E-state index in [0.29, 0.717) is 10.5 Å². The number of thioether (sulfide) groups is 2. The van der Waals surface area contributed by atoms with E-state index in [2.05, 4.69) is 38.2 Å². The third-order valence-electron chi connectivity index (χ3n) is 3.62. The number of amides is 1. The SMILES string of the molecule is CC(C)CCC(C)NC(=O)c1ccc(C2SCCS2)cc1. The van der Waals surface area contributed by atoms with Gasteiger partial charge in [-0.3, -0.25) is 4.79 Å². The van der Waals surface area contributed by atoms with Crippen LogP contribution in [0.15, 0.2) is 24.3 Å². The van der Waals surface area contributed by atoms with Gasteiger partial charge in [0.1, 0.15) is 0 Å². The van der Waals surface area contributed by atoms with Crippen LogP contribution in [0, 0.1) is 5.92 Å². The van der Waals surface area contributed by atoms with Gasteiger partial charge in [0.25, 0.3) is 5.91 Å². The molecule has 0 aliphatic carbocycles. The van der Waals surface area contributed by atoms with Crippen molar-refractivity contribution in [3.63, 3.8) is 0 Å². The summed E-state index contributed by atoms with van der Waals surface area (Å²) in [6.45, 7) is 6.51. The summed E-state index contributed by atoms with van der Waals surface area (Å²) in [5, 5.41) is 3.09. The van der Waals surface area contributed by atoms with Crippen molar-refractivity contribution in [1.82, 2.24) is 5.32 Å². The zero-order valence-electron chi connectivity index (χ0n) is 13.1. The average molecular weight is 324 g/mol. The van der Waals surface area contributed by atoms with E-state index in [-0.39, 0.29) is 11.9 Å². The van der Waals surface area contributed by atoms with Crippen molar-refractivity contribution >= 4 is 29.4 Å².